The molecule has 7 nitrogen and oxygen atoms in total. The lowest BCUT2D eigenvalue weighted by Crippen LogP contribution is -2.39. The number of benzene rings is 2. The first-order chi connectivity index (χ1) is 19.2. The normalized spacial score (nSPS) is 15.5. The molecule has 4 aromatic rings. The van der Waals surface area contributed by atoms with Gasteiger partial charge in [-0.3, -0.25) is 9.36 Å². The van der Waals surface area contributed by atoms with Gasteiger partial charge in [-0.05, 0) is 49.7 Å². The van der Waals surface area contributed by atoms with Gasteiger partial charge in [0.15, 0.2) is 4.80 Å². The summed E-state index contributed by atoms with van der Waals surface area (Å²) < 4.78 is 57.2. The number of thiazole rings is 1. The van der Waals surface area contributed by atoms with E-state index in [-0.39, 0.29) is 24.5 Å². The van der Waals surface area contributed by atoms with Gasteiger partial charge in [-0.15, -0.1) is 0 Å². The largest absolute Gasteiger partial charge is 0.486 e. The van der Waals surface area contributed by atoms with Crippen molar-refractivity contribution in [3.63, 3.8) is 0 Å². The number of hydrogen-bond donors (Lipinski definition) is 0. The van der Waals surface area contributed by atoms with Gasteiger partial charge < -0.3 is 13.9 Å². The molecule has 0 bridgehead atoms. The fraction of sp³-hybridized carbons (Fsp3) is 0.207. The van der Waals surface area contributed by atoms with Gasteiger partial charge in [-0.1, -0.05) is 47.7 Å². The predicted octanol–water partition coefficient (Wildman–Crippen LogP) is 4.99. The summed E-state index contributed by atoms with van der Waals surface area (Å²) in [6, 6.07) is 16.3. The molecule has 2 aromatic carbocycles. The second-order valence-corrected chi connectivity index (χ2v) is 9.84. The third-order valence-electron chi connectivity index (χ3n) is 6.13. The average molecular weight is 569 g/mol. The number of carbonyl (C=O) groups excluding carboxylic acids is 1. The van der Waals surface area contributed by atoms with Gasteiger partial charge in [0.05, 0.1) is 34.0 Å². The van der Waals surface area contributed by atoms with Gasteiger partial charge in [0.2, 0.25) is 0 Å². The monoisotopic (exact) mass is 568 g/mol. The van der Waals surface area contributed by atoms with E-state index in [0.29, 0.717) is 32.1 Å². The molecule has 0 radical (unpaired) electrons. The highest BCUT2D eigenvalue weighted by Gasteiger charge is 2.33. The van der Waals surface area contributed by atoms with Gasteiger partial charge in [0, 0.05) is 6.08 Å². The fourth-order valence-electron chi connectivity index (χ4n) is 4.34. The number of fused-ring (bicyclic) bond motifs is 1. The van der Waals surface area contributed by atoms with E-state index in [1.165, 1.54) is 16.7 Å². The Morgan fingerprint density at radius 3 is 2.62 bits per heavy atom. The molecule has 1 atom stereocenters. The minimum Gasteiger partial charge on any atom is -0.486 e. The maximum absolute atomic E-state index is 13.6. The van der Waals surface area contributed by atoms with Crippen molar-refractivity contribution >= 4 is 23.4 Å². The number of halogens is 3. The van der Waals surface area contributed by atoms with Crippen LogP contribution in [0.1, 0.15) is 42.5 Å². The van der Waals surface area contributed by atoms with Gasteiger partial charge in [0.1, 0.15) is 23.9 Å². The van der Waals surface area contributed by atoms with Crippen LogP contribution in [0.3, 0.4) is 0 Å². The zero-order chi connectivity index (χ0) is 28.4. The first-order valence-electron chi connectivity index (χ1n) is 12.3. The molecule has 5 rings (SSSR count). The summed E-state index contributed by atoms with van der Waals surface area (Å²) in [5, 5.41) is 0. The van der Waals surface area contributed by atoms with E-state index < -0.39 is 23.8 Å². The van der Waals surface area contributed by atoms with Crippen LogP contribution in [-0.2, 0) is 22.3 Å². The van der Waals surface area contributed by atoms with Crippen LogP contribution in [0.25, 0.3) is 6.08 Å². The maximum atomic E-state index is 13.6. The molecular weight excluding hydrogens is 545 g/mol. The summed E-state index contributed by atoms with van der Waals surface area (Å²) in [6.07, 6.45) is -2.92. The summed E-state index contributed by atoms with van der Waals surface area (Å²) in [7, 11) is 0. The highest BCUT2D eigenvalue weighted by Crippen LogP contribution is 2.32. The minimum absolute atomic E-state index is 0.0507. The van der Waals surface area contributed by atoms with Crippen LogP contribution in [0.5, 0.6) is 5.75 Å². The first kappa shape index (κ1) is 27.2. The third kappa shape index (κ3) is 5.50. The molecule has 0 aliphatic carbocycles. The number of alkyl halides is 3. The Morgan fingerprint density at radius 1 is 1.12 bits per heavy atom. The SMILES string of the molecule is CCOC(=O)C1=C(C)N=c2sc(=Cc3ccc(COc4cccc(C(F)(F)F)c4)o3)c(=O)n2C1c1ccccc1. The second-order valence-electron chi connectivity index (χ2n) is 8.83. The molecule has 206 valence electrons. The summed E-state index contributed by atoms with van der Waals surface area (Å²) >= 11 is 1.15. The number of nitrogens with zero attached hydrogens (tertiary/aromatic N) is 2. The lowest BCUT2D eigenvalue weighted by Gasteiger charge is -2.24. The van der Waals surface area contributed by atoms with Gasteiger partial charge in [-0.25, -0.2) is 9.79 Å². The minimum atomic E-state index is -4.48. The van der Waals surface area contributed by atoms with Crippen LogP contribution in [0.4, 0.5) is 13.2 Å². The number of hydrogen-bond acceptors (Lipinski definition) is 7. The highest BCUT2D eigenvalue weighted by atomic mass is 32.1. The molecule has 40 heavy (non-hydrogen) atoms. The van der Waals surface area contributed by atoms with Crippen LogP contribution in [0.2, 0.25) is 0 Å². The van der Waals surface area contributed by atoms with E-state index in [1.54, 1.807) is 32.1 Å². The van der Waals surface area contributed by atoms with E-state index >= 15 is 0 Å². The number of aromatic nitrogens is 1. The number of carbonyl (C=O) groups is 1. The summed E-state index contributed by atoms with van der Waals surface area (Å²) in [4.78, 5) is 31.5. The molecule has 2 aromatic heterocycles. The Hall–Kier alpha value is -4.38. The second kappa shape index (κ2) is 11.0. The van der Waals surface area contributed by atoms with Gasteiger partial charge in [-0.2, -0.15) is 13.2 Å². The molecular formula is C29H23F3N2O5S. The van der Waals surface area contributed by atoms with Gasteiger partial charge >= 0.3 is 12.1 Å². The Labute approximate surface area is 230 Å². The molecule has 0 spiro atoms. The summed E-state index contributed by atoms with van der Waals surface area (Å²) in [5.74, 6) is 0.225. The van der Waals surface area contributed by atoms with Crippen LogP contribution in [0.15, 0.2) is 92.2 Å². The molecule has 1 aliphatic heterocycles. The standard InChI is InChI=1S/C29H23F3N2O5S/c1-3-37-27(36)24-17(2)33-28-34(25(24)18-8-5-4-6-9-18)26(35)23(40-28)15-21-12-13-22(39-21)16-38-20-11-7-10-19(14-20)29(30,31)32/h4-15,25H,3,16H2,1-2H3. The summed E-state index contributed by atoms with van der Waals surface area (Å²) in [5.41, 5.74) is 0.325. The molecule has 0 amide bonds. The lowest BCUT2D eigenvalue weighted by atomic mass is 9.96. The van der Waals surface area contributed by atoms with Crippen molar-refractivity contribution in [3.8, 4) is 5.75 Å². The van der Waals surface area contributed by atoms with Crippen molar-refractivity contribution in [1.82, 2.24) is 4.57 Å². The summed E-state index contributed by atoms with van der Waals surface area (Å²) in [6.45, 7) is 3.50. The van der Waals surface area contributed by atoms with E-state index in [9.17, 15) is 22.8 Å². The molecule has 3 heterocycles. The van der Waals surface area contributed by atoms with Crippen LogP contribution < -0.4 is 19.6 Å². The number of rotatable bonds is 7. The van der Waals surface area contributed by atoms with Crippen molar-refractivity contribution < 1.29 is 31.9 Å². The zero-order valence-electron chi connectivity index (χ0n) is 21.4. The molecule has 1 aliphatic rings. The maximum Gasteiger partial charge on any atom is 0.416 e. The van der Waals surface area contributed by atoms with Crippen LogP contribution in [0, 0.1) is 0 Å². The number of furan rings is 1. The average Bonchev–Trinajstić information content (AvgIpc) is 3.50. The van der Waals surface area contributed by atoms with E-state index in [2.05, 4.69) is 4.99 Å². The van der Waals surface area contributed by atoms with E-state index in [1.807, 2.05) is 30.3 Å². The van der Waals surface area contributed by atoms with Crippen molar-refractivity contribution in [2.24, 2.45) is 4.99 Å². The highest BCUT2D eigenvalue weighted by molar-refractivity contribution is 7.07. The number of esters is 1. The van der Waals surface area contributed by atoms with Crippen molar-refractivity contribution in [3.05, 3.63) is 120 Å². The van der Waals surface area contributed by atoms with Crippen LogP contribution in [-0.4, -0.2) is 17.1 Å². The number of ether oxygens (including phenoxy) is 2. The Bertz CT molecular complexity index is 1770. The first-order valence-corrected chi connectivity index (χ1v) is 13.1. The Morgan fingerprint density at radius 2 is 1.90 bits per heavy atom. The molecule has 11 heteroatoms. The Balaban J connectivity index is 1.46. The fourth-order valence-corrected chi connectivity index (χ4v) is 5.36. The third-order valence-corrected chi connectivity index (χ3v) is 7.11. The molecule has 0 saturated carbocycles. The lowest BCUT2D eigenvalue weighted by molar-refractivity contribution is -0.139. The topological polar surface area (TPSA) is 83.0 Å². The van der Waals surface area contributed by atoms with E-state index in [4.69, 9.17) is 13.9 Å². The molecule has 0 saturated heterocycles. The van der Waals surface area contributed by atoms with Gasteiger partial charge in [0.25, 0.3) is 5.56 Å². The zero-order valence-corrected chi connectivity index (χ0v) is 22.2. The van der Waals surface area contributed by atoms with Crippen LogP contribution >= 0.6 is 11.3 Å². The molecule has 0 fully saturated rings. The van der Waals surface area contributed by atoms with Crippen molar-refractivity contribution in [1.29, 1.82) is 0 Å². The predicted molar refractivity (Wildman–Crippen MR) is 141 cm³/mol. The quantitative estimate of drug-likeness (QED) is 0.294. The number of allylic oxidation sites excluding steroid dienone is 1. The Kier molecular flexibility index (Phi) is 7.49. The van der Waals surface area contributed by atoms with Crippen molar-refractivity contribution in [2.45, 2.75) is 32.7 Å². The smallest absolute Gasteiger partial charge is 0.416 e. The molecule has 1 unspecified atom stereocenters. The molecule has 0 N–H and O–H groups in total. The van der Waals surface area contributed by atoms with Crippen molar-refractivity contribution in [2.75, 3.05) is 6.61 Å². The van der Waals surface area contributed by atoms with E-state index in [0.717, 1.165) is 29.0 Å².